The average Bonchev–Trinajstić information content (AvgIpc) is 3.30. The van der Waals surface area contributed by atoms with Crippen molar-refractivity contribution in [1.29, 1.82) is 0 Å². The van der Waals surface area contributed by atoms with E-state index in [0.29, 0.717) is 37.4 Å². The summed E-state index contributed by atoms with van der Waals surface area (Å²) < 4.78 is 54.1. The molecule has 0 spiro atoms. The van der Waals surface area contributed by atoms with Crippen molar-refractivity contribution in [2.75, 3.05) is 26.2 Å². The Morgan fingerprint density at radius 2 is 1.97 bits per heavy atom. The number of alkyl halides is 3. The fraction of sp³-hybridized carbons (Fsp3) is 0.542. The van der Waals surface area contributed by atoms with Crippen LogP contribution in [0.3, 0.4) is 0 Å². The van der Waals surface area contributed by atoms with Crippen LogP contribution in [0.5, 0.6) is 0 Å². The number of aliphatic imine (C=N–C) groups is 1. The molecule has 11 heteroatoms. The van der Waals surface area contributed by atoms with Crippen molar-refractivity contribution in [2.45, 2.75) is 51.9 Å². The van der Waals surface area contributed by atoms with Gasteiger partial charge in [0.15, 0.2) is 5.84 Å². The molecule has 3 aliphatic rings. The molecule has 0 aromatic heterocycles. The second kappa shape index (κ2) is 8.61. The number of amides is 1. The highest BCUT2D eigenvalue weighted by molar-refractivity contribution is 6.25. The van der Waals surface area contributed by atoms with Gasteiger partial charge in [0, 0.05) is 24.1 Å². The van der Waals surface area contributed by atoms with E-state index in [1.54, 1.807) is 11.1 Å². The molecule has 1 aromatic carbocycles. The van der Waals surface area contributed by atoms with Crippen LogP contribution in [0.2, 0.25) is 0 Å². The lowest BCUT2D eigenvalue weighted by Crippen LogP contribution is -2.42. The Kier molecular flexibility index (Phi) is 6.19. The zero-order chi connectivity index (χ0) is 25.8. The maximum absolute atomic E-state index is 14.6. The van der Waals surface area contributed by atoms with Crippen molar-refractivity contribution in [2.24, 2.45) is 15.5 Å². The highest BCUT2D eigenvalue weighted by Crippen LogP contribution is 2.35. The molecule has 3 aliphatic heterocycles. The maximum Gasteiger partial charge on any atom is 0.419 e. The molecule has 7 nitrogen and oxygen atoms in total. The minimum absolute atomic E-state index is 0.0252. The predicted molar refractivity (Wildman–Crippen MR) is 123 cm³/mol. The van der Waals surface area contributed by atoms with Gasteiger partial charge in [0.2, 0.25) is 0 Å². The average molecular weight is 496 g/mol. The molecule has 190 valence electrons. The molecule has 0 aliphatic carbocycles. The van der Waals surface area contributed by atoms with Crippen LogP contribution < -0.4 is 5.32 Å². The van der Waals surface area contributed by atoms with Crippen LogP contribution in [0.1, 0.15) is 51.3 Å². The van der Waals surface area contributed by atoms with Crippen LogP contribution in [0.15, 0.2) is 39.9 Å². The molecule has 1 aromatic rings. The summed E-state index contributed by atoms with van der Waals surface area (Å²) in [5, 5.41) is 18.7. The molecule has 1 saturated heterocycles. The van der Waals surface area contributed by atoms with Gasteiger partial charge in [0.1, 0.15) is 11.7 Å². The number of fused-ring (bicyclic) bond motifs is 1. The highest BCUT2D eigenvalue weighted by Gasteiger charge is 2.41. The summed E-state index contributed by atoms with van der Waals surface area (Å²) in [5.41, 5.74) is -2.22. The van der Waals surface area contributed by atoms with Gasteiger partial charge in [-0.3, -0.25) is 9.79 Å². The summed E-state index contributed by atoms with van der Waals surface area (Å²) in [7, 11) is 0. The first kappa shape index (κ1) is 25.2. The van der Waals surface area contributed by atoms with Gasteiger partial charge in [-0.1, -0.05) is 19.1 Å². The first-order valence-corrected chi connectivity index (χ1v) is 11.4. The third kappa shape index (κ3) is 4.91. The van der Waals surface area contributed by atoms with E-state index in [9.17, 15) is 27.5 Å². The SMILES string of the molecule is C[C@@H](NC(=O)C1=CC(N2CCC(C)(CO)C2)=NN2CC(C)(C)N=C12)c1cccc(C(F)(F)F)c1F. The Balaban J connectivity index is 1.62. The molecule has 1 unspecified atom stereocenters. The predicted octanol–water partition coefficient (Wildman–Crippen LogP) is 3.47. The summed E-state index contributed by atoms with van der Waals surface area (Å²) >= 11 is 0. The van der Waals surface area contributed by atoms with Crippen molar-refractivity contribution in [3.63, 3.8) is 0 Å². The molecule has 2 N–H and O–H groups in total. The Bertz CT molecular complexity index is 1130. The molecule has 0 radical (unpaired) electrons. The third-order valence-corrected chi connectivity index (χ3v) is 6.58. The molecule has 1 fully saturated rings. The van der Waals surface area contributed by atoms with Crippen molar-refractivity contribution in [1.82, 2.24) is 15.2 Å². The van der Waals surface area contributed by atoms with Gasteiger partial charge in [-0.25, -0.2) is 9.40 Å². The van der Waals surface area contributed by atoms with E-state index in [-0.39, 0.29) is 23.2 Å². The zero-order valence-electron chi connectivity index (χ0n) is 20.1. The van der Waals surface area contributed by atoms with Crippen LogP contribution in [0, 0.1) is 11.2 Å². The molecule has 0 saturated carbocycles. The summed E-state index contributed by atoms with van der Waals surface area (Å²) in [6.45, 7) is 8.90. The molecular weight excluding hydrogens is 466 g/mol. The van der Waals surface area contributed by atoms with E-state index >= 15 is 0 Å². The number of carbonyl (C=O) groups excluding carboxylic acids is 1. The number of aliphatic hydroxyl groups is 1. The fourth-order valence-corrected chi connectivity index (χ4v) is 4.57. The van der Waals surface area contributed by atoms with Crippen molar-refractivity contribution in [3.05, 3.63) is 46.8 Å². The third-order valence-electron chi connectivity index (χ3n) is 6.58. The Hall–Kier alpha value is -2.95. The number of likely N-dealkylation sites (tertiary alicyclic amines) is 1. The minimum atomic E-state index is -4.84. The van der Waals surface area contributed by atoms with Crippen LogP contribution in [0.4, 0.5) is 17.6 Å². The minimum Gasteiger partial charge on any atom is -0.396 e. The van der Waals surface area contributed by atoms with Gasteiger partial charge in [-0.2, -0.15) is 18.3 Å². The van der Waals surface area contributed by atoms with E-state index < -0.39 is 35.0 Å². The van der Waals surface area contributed by atoms with Crippen LogP contribution in [-0.2, 0) is 11.0 Å². The van der Waals surface area contributed by atoms with Crippen molar-refractivity contribution >= 4 is 17.6 Å². The van der Waals surface area contributed by atoms with Gasteiger partial charge in [-0.15, -0.1) is 0 Å². The second-order valence-corrected chi connectivity index (χ2v) is 10.4. The smallest absolute Gasteiger partial charge is 0.396 e. The van der Waals surface area contributed by atoms with Crippen LogP contribution in [-0.4, -0.2) is 64.4 Å². The molecule has 0 bridgehead atoms. The molecule has 35 heavy (non-hydrogen) atoms. The number of nitrogens with one attached hydrogen (secondary N) is 1. The molecule has 1 amide bonds. The maximum atomic E-state index is 14.6. The Morgan fingerprint density at radius 1 is 1.26 bits per heavy atom. The zero-order valence-corrected chi connectivity index (χ0v) is 20.1. The lowest BCUT2D eigenvalue weighted by atomic mass is 9.91. The lowest BCUT2D eigenvalue weighted by Gasteiger charge is -2.29. The summed E-state index contributed by atoms with van der Waals surface area (Å²) in [6.07, 6.45) is -2.48. The van der Waals surface area contributed by atoms with Gasteiger partial charge in [-0.05, 0) is 39.3 Å². The topological polar surface area (TPSA) is 80.5 Å². The Labute approximate surface area is 201 Å². The molecular formula is C24H29F4N5O2. The second-order valence-electron chi connectivity index (χ2n) is 10.4. The number of rotatable bonds is 4. The van der Waals surface area contributed by atoms with E-state index in [4.69, 9.17) is 0 Å². The number of benzene rings is 1. The molecule has 3 heterocycles. The number of hydrazone groups is 1. The fourth-order valence-electron chi connectivity index (χ4n) is 4.57. The van der Waals surface area contributed by atoms with Gasteiger partial charge < -0.3 is 15.3 Å². The van der Waals surface area contributed by atoms with Gasteiger partial charge in [0.05, 0.1) is 35.9 Å². The number of hydrogen-bond donors (Lipinski definition) is 2. The van der Waals surface area contributed by atoms with E-state index in [0.717, 1.165) is 12.5 Å². The highest BCUT2D eigenvalue weighted by atomic mass is 19.4. The Morgan fingerprint density at radius 3 is 2.60 bits per heavy atom. The summed E-state index contributed by atoms with van der Waals surface area (Å²) in [5.74, 6) is -1.10. The monoisotopic (exact) mass is 495 g/mol. The van der Waals surface area contributed by atoms with Gasteiger partial charge in [0.25, 0.3) is 5.91 Å². The van der Waals surface area contributed by atoms with Crippen LogP contribution in [0.25, 0.3) is 0 Å². The number of amidine groups is 2. The lowest BCUT2D eigenvalue weighted by molar-refractivity contribution is -0.140. The molecule has 4 rings (SSSR count). The number of carbonyl (C=O) groups is 1. The van der Waals surface area contributed by atoms with E-state index in [2.05, 4.69) is 15.4 Å². The summed E-state index contributed by atoms with van der Waals surface area (Å²) in [6, 6.07) is 1.98. The largest absolute Gasteiger partial charge is 0.419 e. The number of hydrogen-bond acceptors (Lipinski definition) is 6. The number of nitrogens with zero attached hydrogens (tertiary/aromatic N) is 4. The number of halogens is 4. The first-order valence-electron chi connectivity index (χ1n) is 11.4. The molecule has 2 atom stereocenters. The standard InChI is InChI=1S/C24H29F4N5O2/c1-14(15-6-5-7-17(19(15)25)24(26,27)28)29-21(35)16-10-18(32-9-8-23(4,12-32)13-34)31-33-11-22(2,3)30-20(16)33/h5-7,10,14,34H,8-9,11-13H2,1-4H3,(H,29,35)/t14-,23?/m1/s1. The first-order chi connectivity index (χ1) is 16.2. The normalized spacial score (nSPS) is 24.5. The summed E-state index contributed by atoms with van der Waals surface area (Å²) in [4.78, 5) is 19.9. The van der Waals surface area contributed by atoms with E-state index in [1.165, 1.54) is 13.0 Å². The van der Waals surface area contributed by atoms with E-state index in [1.807, 2.05) is 25.7 Å². The quantitative estimate of drug-likeness (QED) is 0.627. The van der Waals surface area contributed by atoms with Crippen molar-refractivity contribution in [3.8, 4) is 0 Å². The number of aliphatic hydroxyl groups excluding tert-OH is 1. The van der Waals surface area contributed by atoms with Gasteiger partial charge >= 0.3 is 6.18 Å². The van der Waals surface area contributed by atoms with Crippen LogP contribution >= 0.6 is 0 Å². The van der Waals surface area contributed by atoms with Crippen molar-refractivity contribution < 1.29 is 27.5 Å².